The van der Waals surface area contributed by atoms with Crippen molar-refractivity contribution < 1.29 is 22.7 Å². The first kappa shape index (κ1) is 24.6. The minimum absolute atomic E-state index is 0.0564. The van der Waals surface area contributed by atoms with Crippen LogP contribution in [0, 0.1) is 5.82 Å². The lowest BCUT2D eigenvalue weighted by Crippen LogP contribution is -2.40. The summed E-state index contributed by atoms with van der Waals surface area (Å²) in [6.07, 6.45) is -1.24. The average Bonchev–Trinajstić information content (AvgIpc) is 3.27. The molecule has 0 radical (unpaired) electrons. The number of aromatic nitrogens is 3. The molecule has 186 valence electrons. The third kappa shape index (κ3) is 4.24. The number of hydrogen-bond donors (Lipinski definition) is 1. The molecule has 0 aliphatic carbocycles. The van der Waals surface area contributed by atoms with Crippen LogP contribution in [0.2, 0.25) is 0 Å². The standard InChI is InChI=1S/C24H26F3N5O3/c1-13(15-6-5-7-16(19(15)25)20(26)27)30-21-17-10-18(23(34)31(3)22(17)29-12-28-21)24(35-4)8-9-32(11-24)14(2)33/h5-7,10,12-13,20H,8-9,11H2,1-4H3,(H,28,29,30)/t13-,24+/m0/s1. The maximum absolute atomic E-state index is 14.7. The molecule has 4 rings (SSSR count). The van der Waals surface area contributed by atoms with Crippen LogP contribution in [-0.2, 0) is 22.2 Å². The van der Waals surface area contributed by atoms with Gasteiger partial charge in [-0.3, -0.25) is 14.2 Å². The number of nitrogens with zero attached hydrogens (tertiary/aromatic N) is 4. The fraction of sp³-hybridized carbons (Fsp3) is 0.417. The largest absolute Gasteiger partial charge is 0.371 e. The normalized spacial score (nSPS) is 18.9. The smallest absolute Gasteiger partial charge is 0.266 e. The van der Waals surface area contributed by atoms with E-state index in [2.05, 4.69) is 15.3 Å². The molecule has 2 atom stereocenters. The lowest BCUT2D eigenvalue weighted by Gasteiger charge is -2.28. The Kier molecular flexibility index (Phi) is 6.54. The van der Waals surface area contributed by atoms with Gasteiger partial charge in [-0.15, -0.1) is 0 Å². The molecule has 1 saturated heterocycles. The Labute approximate surface area is 199 Å². The molecule has 3 aromatic rings. The molecule has 0 spiro atoms. The van der Waals surface area contributed by atoms with Crippen LogP contribution in [0.4, 0.5) is 19.0 Å². The van der Waals surface area contributed by atoms with Gasteiger partial charge in [-0.1, -0.05) is 18.2 Å². The lowest BCUT2D eigenvalue weighted by atomic mass is 9.92. The van der Waals surface area contributed by atoms with Gasteiger partial charge in [-0.05, 0) is 13.0 Å². The van der Waals surface area contributed by atoms with Gasteiger partial charge in [0.2, 0.25) is 5.91 Å². The fourth-order valence-corrected chi connectivity index (χ4v) is 4.61. The highest BCUT2D eigenvalue weighted by atomic mass is 19.3. The summed E-state index contributed by atoms with van der Waals surface area (Å²) in [4.78, 5) is 35.3. The highest BCUT2D eigenvalue weighted by Crippen LogP contribution is 2.36. The van der Waals surface area contributed by atoms with E-state index in [1.165, 1.54) is 37.1 Å². The van der Waals surface area contributed by atoms with Gasteiger partial charge in [-0.25, -0.2) is 23.1 Å². The summed E-state index contributed by atoms with van der Waals surface area (Å²) in [6.45, 7) is 3.75. The second kappa shape index (κ2) is 9.29. The first-order chi connectivity index (χ1) is 16.6. The second-order valence-electron chi connectivity index (χ2n) is 8.69. The number of aryl methyl sites for hydroxylation is 1. The van der Waals surface area contributed by atoms with E-state index in [0.717, 1.165) is 6.07 Å². The summed E-state index contributed by atoms with van der Waals surface area (Å²) in [6, 6.07) is 4.77. The van der Waals surface area contributed by atoms with E-state index in [0.29, 0.717) is 35.4 Å². The number of carbonyl (C=O) groups excluding carboxylic acids is 1. The van der Waals surface area contributed by atoms with Crippen molar-refractivity contribution in [2.45, 2.75) is 38.3 Å². The van der Waals surface area contributed by atoms with Gasteiger partial charge < -0.3 is 15.0 Å². The maximum atomic E-state index is 14.7. The zero-order valence-electron chi connectivity index (χ0n) is 19.8. The Morgan fingerprint density at radius 2 is 1.97 bits per heavy atom. The molecule has 1 aromatic carbocycles. The van der Waals surface area contributed by atoms with Crippen molar-refractivity contribution in [1.82, 2.24) is 19.4 Å². The van der Waals surface area contributed by atoms with E-state index < -0.39 is 29.4 Å². The number of likely N-dealkylation sites (tertiary alicyclic amines) is 1. The minimum Gasteiger partial charge on any atom is -0.371 e. The molecular weight excluding hydrogens is 463 g/mol. The van der Waals surface area contributed by atoms with Crippen molar-refractivity contribution in [3.63, 3.8) is 0 Å². The highest BCUT2D eigenvalue weighted by Gasteiger charge is 2.43. The predicted molar refractivity (Wildman–Crippen MR) is 124 cm³/mol. The van der Waals surface area contributed by atoms with Gasteiger partial charge in [0.1, 0.15) is 29.2 Å². The number of nitrogens with one attached hydrogen (secondary N) is 1. The van der Waals surface area contributed by atoms with Crippen molar-refractivity contribution in [3.8, 4) is 0 Å². The SMILES string of the molecule is CO[C@]1(c2cc3c(N[C@@H](C)c4cccc(C(F)F)c4F)ncnc3n(C)c2=O)CCN(C(C)=O)C1. The molecule has 1 aliphatic heterocycles. The number of anilines is 1. The predicted octanol–water partition coefficient (Wildman–Crippen LogP) is 3.67. The number of halogens is 3. The highest BCUT2D eigenvalue weighted by molar-refractivity contribution is 5.87. The summed E-state index contributed by atoms with van der Waals surface area (Å²) in [7, 11) is 3.07. The number of ether oxygens (including phenoxy) is 1. The van der Waals surface area contributed by atoms with Crippen LogP contribution in [0.1, 0.15) is 49.4 Å². The van der Waals surface area contributed by atoms with Crippen LogP contribution in [-0.4, -0.2) is 45.5 Å². The molecule has 35 heavy (non-hydrogen) atoms. The number of hydrogen-bond acceptors (Lipinski definition) is 6. The molecule has 11 heteroatoms. The molecule has 0 unspecified atom stereocenters. The van der Waals surface area contributed by atoms with Crippen molar-refractivity contribution >= 4 is 22.8 Å². The third-order valence-corrected chi connectivity index (χ3v) is 6.68. The Morgan fingerprint density at radius 3 is 2.60 bits per heavy atom. The van der Waals surface area contributed by atoms with Gasteiger partial charge in [0, 0.05) is 39.6 Å². The first-order valence-electron chi connectivity index (χ1n) is 11.1. The summed E-state index contributed by atoms with van der Waals surface area (Å²) < 4.78 is 48.3. The van der Waals surface area contributed by atoms with Gasteiger partial charge in [0.05, 0.1) is 29.1 Å². The van der Waals surface area contributed by atoms with Crippen molar-refractivity contribution in [1.29, 1.82) is 0 Å². The van der Waals surface area contributed by atoms with Gasteiger partial charge >= 0.3 is 0 Å². The molecule has 1 amide bonds. The number of benzene rings is 1. The van der Waals surface area contributed by atoms with Crippen LogP contribution in [0.15, 0.2) is 35.4 Å². The molecular formula is C24H26F3N5O3. The molecule has 8 nitrogen and oxygen atoms in total. The zero-order chi connectivity index (χ0) is 25.5. The molecule has 2 aromatic heterocycles. The van der Waals surface area contributed by atoms with E-state index in [-0.39, 0.29) is 23.6 Å². The Balaban J connectivity index is 1.80. The van der Waals surface area contributed by atoms with E-state index in [1.54, 1.807) is 24.9 Å². The number of alkyl halides is 2. The van der Waals surface area contributed by atoms with Crippen LogP contribution in [0.3, 0.4) is 0 Å². The molecule has 0 saturated carbocycles. The van der Waals surface area contributed by atoms with Gasteiger partial charge in [0.15, 0.2) is 0 Å². The Morgan fingerprint density at radius 1 is 1.26 bits per heavy atom. The number of pyridine rings is 1. The van der Waals surface area contributed by atoms with Crippen LogP contribution >= 0.6 is 0 Å². The van der Waals surface area contributed by atoms with E-state index >= 15 is 0 Å². The molecule has 1 N–H and O–H groups in total. The second-order valence-corrected chi connectivity index (χ2v) is 8.69. The minimum atomic E-state index is -2.94. The maximum Gasteiger partial charge on any atom is 0.266 e. The van der Waals surface area contributed by atoms with Crippen LogP contribution in [0.5, 0.6) is 0 Å². The van der Waals surface area contributed by atoms with Crippen molar-refractivity contribution in [2.75, 3.05) is 25.5 Å². The first-order valence-corrected chi connectivity index (χ1v) is 11.1. The fourth-order valence-electron chi connectivity index (χ4n) is 4.61. The molecule has 3 heterocycles. The molecule has 1 aliphatic rings. The number of amides is 1. The van der Waals surface area contributed by atoms with Crippen LogP contribution in [0.25, 0.3) is 11.0 Å². The average molecular weight is 489 g/mol. The van der Waals surface area contributed by atoms with Crippen LogP contribution < -0.4 is 10.9 Å². The summed E-state index contributed by atoms with van der Waals surface area (Å²) >= 11 is 0. The summed E-state index contributed by atoms with van der Waals surface area (Å²) in [5.41, 5.74) is -1.27. The molecule has 1 fully saturated rings. The Hall–Kier alpha value is -3.47. The van der Waals surface area contributed by atoms with Gasteiger partial charge in [0.25, 0.3) is 12.0 Å². The van der Waals surface area contributed by atoms with E-state index in [4.69, 9.17) is 4.74 Å². The Bertz CT molecular complexity index is 1350. The van der Waals surface area contributed by atoms with Crippen molar-refractivity contribution in [3.05, 3.63) is 63.5 Å². The number of methoxy groups -OCH3 is 1. The zero-order valence-corrected chi connectivity index (χ0v) is 19.8. The topological polar surface area (TPSA) is 89.3 Å². The van der Waals surface area contributed by atoms with Crippen molar-refractivity contribution in [2.24, 2.45) is 7.05 Å². The molecule has 0 bridgehead atoms. The van der Waals surface area contributed by atoms with E-state index in [9.17, 15) is 22.8 Å². The monoisotopic (exact) mass is 489 g/mol. The number of fused-ring (bicyclic) bond motifs is 1. The lowest BCUT2D eigenvalue weighted by molar-refractivity contribution is -0.129. The quantitative estimate of drug-likeness (QED) is 0.569. The number of rotatable bonds is 6. The van der Waals surface area contributed by atoms with E-state index in [1.807, 2.05) is 0 Å². The summed E-state index contributed by atoms with van der Waals surface area (Å²) in [5.74, 6) is -0.800. The summed E-state index contributed by atoms with van der Waals surface area (Å²) in [5, 5.41) is 3.55. The third-order valence-electron chi connectivity index (χ3n) is 6.68. The number of carbonyl (C=O) groups is 1. The van der Waals surface area contributed by atoms with Gasteiger partial charge in [-0.2, -0.15) is 0 Å².